The second-order valence-corrected chi connectivity index (χ2v) is 10.5. The maximum atomic E-state index is 13.5. The molecule has 0 aliphatic carbocycles. The summed E-state index contributed by atoms with van der Waals surface area (Å²) in [5.41, 5.74) is 3.63. The van der Waals surface area contributed by atoms with Gasteiger partial charge in [-0.2, -0.15) is 5.10 Å². The molecular weight excluding hydrogens is 608 g/mol. The van der Waals surface area contributed by atoms with E-state index < -0.39 is 11.9 Å². The molecule has 1 unspecified atom stereocenters. The number of hydrogen-bond donors (Lipinski definition) is 2. The van der Waals surface area contributed by atoms with Crippen molar-refractivity contribution in [2.24, 2.45) is 0 Å². The monoisotopic (exact) mass is 628 g/mol. The van der Waals surface area contributed by atoms with Crippen molar-refractivity contribution in [2.75, 3.05) is 7.05 Å². The fourth-order valence-corrected chi connectivity index (χ4v) is 4.92. The van der Waals surface area contributed by atoms with E-state index in [0.717, 1.165) is 25.6 Å². The highest BCUT2D eigenvalue weighted by atomic mass is 79.9. The number of aromatic nitrogens is 2. The molecule has 3 aromatic carbocycles. The number of benzene rings is 3. The predicted octanol–water partition coefficient (Wildman–Crippen LogP) is 5.86. The molecule has 1 heterocycles. The number of carbonyl (C=O) groups excluding carboxylic acids is 2. The van der Waals surface area contributed by atoms with Gasteiger partial charge < -0.3 is 10.6 Å². The molecule has 0 spiro atoms. The lowest BCUT2D eigenvalue weighted by Crippen LogP contribution is -2.47. The van der Waals surface area contributed by atoms with E-state index in [1.165, 1.54) is 0 Å². The van der Waals surface area contributed by atoms with Crippen LogP contribution in [0.2, 0.25) is 5.02 Å². The number of carbonyl (C=O) groups is 2. The van der Waals surface area contributed by atoms with E-state index >= 15 is 0 Å². The first-order chi connectivity index (χ1) is 17.3. The second kappa shape index (κ2) is 11.9. The molecule has 0 radical (unpaired) electrons. The average molecular weight is 631 g/mol. The molecule has 4 aromatic rings. The first-order valence-corrected chi connectivity index (χ1v) is 13.1. The highest BCUT2D eigenvalue weighted by Crippen LogP contribution is 2.24. The number of nitrogens with zero attached hydrogens (tertiary/aromatic N) is 2. The van der Waals surface area contributed by atoms with Gasteiger partial charge in [0.2, 0.25) is 5.91 Å². The van der Waals surface area contributed by atoms with Crippen LogP contribution in [-0.4, -0.2) is 34.7 Å². The standard InChI is InChI=1S/C27H23Br2ClN4O2/c1-31-26(35)24(13-17-5-2-8-20(28)11-17)32-27(36)25-15-23(19-7-4-10-22(30)14-19)33-34(25)16-18-6-3-9-21(29)12-18/h2-12,14-15,24H,13,16H2,1H3,(H,31,35)(H,32,36). The lowest BCUT2D eigenvalue weighted by Gasteiger charge is -2.18. The fraction of sp³-hybridized carbons (Fsp3) is 0.148. The lowest BCUT2D eigenvalue weighted by molar-refractivity contribution is -0.122. The van der Waals surface area contributed by atoms with Crippen LogP contribution in [0.3, 0.4) is 0 Å². The molecule has 1 aromatic heterocycles. The third kappa shape index (κ3) is 6.63. The number of likely N-dealkylation sites (N-methyl/N-ethyl adjacent to an activating group) is 1. The maximum absolute atomic E-state index is 13.5. The van der Waals surface area contributed by atoms with Crippen LogP contribution in [-0.2, 0) is 17.8 Å². The Hall–Kier alpha value is -2.94. The quantitative estimate of drug-likeness (QED) is 0.256. The van der Waals surface area contributed by atoms with Crippen molar-refractivity contribution >= 4 is 55.3 Å². The Morgan fingerprint density at radius 2 is 1.61 bits per heavy atom. The molecule has 4 rings (SSSR count). The minimum Gasteiger partial charge on any atom is -0.357 e. The molecule has 0 saturated heterocycles. The second-order valence-electron chi connectivity index (χ2n) is 8.19. The van der Waals surface area contributed by atoms with Gasteiger partial charge in [0.25, 0.3) is 5.91 Å². The zero-order valence-corrected chi connectivity index (χ0v) is 23.3. The van der Waals surface area contributed by atoms with Crippen molar-refractivity contribution in [3.05, 3.63) is 110 Å². The number of halogens is 3. The van der Waals surface area contributed by atoms with Crippen molar-refractivity contribution in [1.82, 2.24) is 20.4 Å². The average Bonchev–Trinajstić information content (AvgIpc) is 3.27. The van der Waals surface area contributed by atoms with Gasteiger partial charge in [-0.3, -0.25) is 14.3 Å². The summed E-state index contributed by atoms with van der Waals surface area (Å²) in [6.45, 7) is 0.374. The Balaban J connectivity index is 1.67. The molecular formula is C27H23Br2ClN4O2. The van der Waals surface area contributed by atoms with Gasteiger partial charge in [0.15, 0.2) is 0 Å². The van der Waals surface area contributed by atoms with Gasteiger partial charge in [-0.05, 0) is 53.6 Å². The number of nitrogens with one attached hydrogen (secondary N) is 2. The van der Waals surface area contributed by atoms with Crippen molar-refractivity contribution in [2.45, 2.75) is 19.0 Å². The summed E-state index contributed by atoms with van der Waals surface area (Å²) in [6, 6.07) is 23.7. The molecule has 1 atom stereocenters. The van der Waals surface area contributed by atoms with Crippen molar-refractivity contribution in [1.29, 1.82) is 0 Å². The van der Waals surface area contributed by atoms with Gasteiger partial charge in [-0.25, -0.2) is 0 Å². The van der Waals surface area contributed by atoms with Crippen molar-refractivity contribution in [3.8, 4) is 11.3 Å². The number of hydrogen-bond acceptors (Lipinski definition) is 3. The first kappa shape index (κ1) is 26.1. The number of rotatable bonds is 8. The van der Waals surface area contributed by atoms with Crippen LogP contribution in [0.15, 0.2) is 87.8 Å². The molecule has 0 fully saturated rings. The van der Waals surface area contributed by atoms with Gasteiger partial charge >= 0.3 is 0 Å². The zero-order valence-electron chi connectivity index (χ0n) is 19.3. The van der Waals surface area contributed by atoms with Crippen LogP contribution < -0.4 is 10.6 Å². The normalized spacial score (nSPS) is 11.7. The molecule has 0 bridgehead atoms. The Morgan fingerprint density at radius 1 is 0.944 bits per heavy atom. The predicted molar refractivity (Wildman–Crippen MR) is 149 cm³/mol. The third-order valence-electron chi connectivity index (χ3n) is 5.55. The minimum absolute atomic E-state index is 0.281. The molecule has 9 heteroatoms. The maximum Gasteiger partial charge on any atom is 0.270 e. The van der Waals surface area contributed by atoms with Crippen molar-refractivity contribution in [3.63, 3.8) is 0 Å². The summed E-state index contributed by atoms with van der Waals surface area (Å²) in [4.78, 5) is 26.2. The molecule has 0 aliphatic heterocycles. The Kier molecular flexibility index (Phi) is 8.61. The van der Waals surface area contributed by atoms with Gasteiger partial charge in [0.05, 0.1) is 12.2 Å². The summed E-state index contributed by atoms with van der Waals surface area (Å²) >= 11 is 13.1. The Morgan fingerprint density at radius 3 is 2.28 bits per heavy atom. The molecule has 2 N–H and O–H groups in total. The molecule has 6 nitrogen and oxygen atoms in total. The molecule has 184 valence electrons. The van der Waals surface area contributed by atoms with Crippen LogP contribution in [0.25, 0.3) is 11.3 Å². The van der Waals surface area contributed by atoms with E-state index in [0.29, 0.717) is 29.4 Å². The SMILES string of the molecule is CNC(=O)C(Cc1cccc(Br)c1)NC(=O)c1cc(-c2cccc(Cl)c2)nn1Cc1cccc(Br)c1. The van der Waals surface area contributed by atoms with Gasteiger partial charge in [0, 0.05) is 33.0 Å². The first-order valence-electron chi connectivity index (χ1n) is 11.2. The smallest absolute Gasteiger partial charge is 0.270 e. The minimum atomic E-state index is -0.763. The lowest BCUT2D eigenvalue weighted by atomic mass is 10.0. The molecule has 0 saturated carbocycles. The van der Waals surface area contributed by atoms with E-state index in [1.54, 1.807) is 29.9 Å². The van der Waals surface area contributed by atoms with Gasteiger partial charge in [-0.15, -0.1) is 0 Å². The molecule has 36 heavy (non-hydrogen) atoms. The van der Waals surface area contributed by atoms with Crippen molar-refractivity contribution < 1.29 is 9.59 Å². The summed E-state index contributed by atoms with van der Waals surface area (Å²) in [6.07, 6.45) is 0.339. The summed E-state index contributed by atoms with van der Waals surface area (Å²) in [7, 11) is 1.55. The van der Waals surface area contributed by atoms with Crippen LogP contribution in [0.5, 0.6) is 0 Å². The van der Waals surface area contributed by atoms with Crippen LogP contribution in [0.4, 0.5) is 0 Å². The largest absolute Gasteiger partial charge is 0.357 e. The van der Waals surface area contributed by atoms with Gasteiger partial charge in [0.1, 0.15) is 11.7 Å². The zero-order chi connectivity index (χ0) is 25.7. The molecule has 0 aliphatic rings. The van der Waals surface area contributed by atoms with E-state index in [-0.39, 0.29) is 5.91 Å². The number of amides is 2. The Labute approximate surface area is 231 Å². The van der Waals surface area contributed by atoms with E-state index in [4.69, 9.17) is 16.7 Å². The van der Waals surface area contributed by atoms with E-state index in [2.05, 4.69) is 42.5 Å². The summed E-state index contributed by atoms with van der Waals surface area (Å²) in [5, 5.41) is 10.8. The highest BCUT2D eigenvalue weighted by molar-refractivity contribution is 9.10. The van der Waals surface area contributed by atoms with Crippen LogP contribution in [0, 0.1) is 0 Å². The fourth-order valence-electron chi connectivity index (χ4n) is 3.83. The van der Waals surface area contributed by atoms with Crippen LogP contribution >= 0.6 is 43.5 Å². The van der Waals surface area contributed by atoms with E-state index in [1.807, 2.05) is 60.7 Å². The summed E-state index contributed by atoms with van der Waals surface area (Å²) < 4.78 is 3.48. The highest BCUT2D eigenvalue weighted by Gasteiger charge is 2.24. The van der Waals surface area contributed by atoms with Gasteiger partial charge in [-0.1, -0.05) is 79.9 Å². The summed E-state index contributed by atoms with van der Waals surface area (Å²) in [5.74, 6) is -0.675. The van der Waals surface area contributed by atoms with Crippen LogP contribution in [0.1, 0.15) is 21.6 Å². The van der Waals surface area contributed by atoms with E-state index in [9.17, 15) is 9.59 Å². The third-order valence-corrected chi connectivity index (χ3v) is 6.77. The Bertz CT molecular complexity index is 1410. The topological polar surface area (TPSA) is 76.0 Å². The molecule has 2 amide bonds.